The van der Waals surface area contributed by atoms with Gasteiger partial charge in [0.05, 0.1) is 5.25 Å². The van der Waals surface area contributed by atoms with Gasteiger partial charge in [-0.25, -0.2) is 13.1 Å². The van der Waals surface area contributed by atoms with Crippen molar-refractivity contribution in [3.63, 3.8) is 0 Å². The summed E-state index contributed by atoms with van der Waals surface area (Å²) in [7, 11) is 0.475. The second-order valence-electron chi connectivity index (χ2n) is 3.25. The maximum absolute atomic E-state index is 11.3. The molecule has 1 saturated heterocycles. The van der Waals surface area contributed by atoms with Crippen molar-refractivity contribution in [3.05, 3.63) is 0 Å². The molecule has 1 aliphatic rings. The van der Waals surface area contributed by atoms with Crippen LogP contribution in [0.25, 0.3) is 0 Å². The molecule has 86 valence electrons. The highest BCUT2D eigenvalue weighted by Crippen LogP contribution is 2.15. The van der Waals surface area contributed by atoms with Crippen molar-refractivity contribution in [2.75, 3.05) is 27.2 Å². The van der Waals surface area contributed by atoms with E-state index in [9.17, 15) is 8.42 Å². The van der Waals surface area contributed by atoms with Gasteiger partial charge in [0.2, 0.25) is 10.0 Å². The summed E-state index contributed by atoms with van der Waals surface area (Å²) < 4.78 is 25.0. The normalized spacial score (nSPS) is 20.0. The molecule has 0 saturated carbocycles. The van der Waals surface area contributed by atoms with Gasteiger partial charge in [0.25, 0.3) is 0 Å². The second kappa shape index (κ2) is 6.37. The third kappa shape index (κ3) is 3.94. The van der Waals surface area contributed by atoms with E-state index in [-0.39, 0.29) is 5.25 Å². The van der Waals surface area contributed by atoms with Crippen LogP contribution < -0.4 is 4.72 Å². The Kier molecular flexibility index (Phi) is 6.31. The standard InChI is InChI=1S/C7H16N2O2S.C2H6/c1-8-12(10,11)7-3-5-9(2)6-4-7;1-2/h7-8H,3-6H2,1-2H3;1-2H3. The van der Waals surface area contributed by atoms with Crippen LogP contribution in [-0.4, -0.2) is 45.8 Å². The Labute approximate surface area is 87.7 Å². The molecule has 0 aromatic heterocycles. The molecule has 0 atom stereocenters. The van der Waals surface area contributed by atoms with E-state index in [0.717, 1.165) is 25.9 Å². The lowest BCUT2D eigenvalue weighted by atomic mass is 10.1. The molecule has 0 bridgehead atoms. The number of nitrogens with one attached hydrogen (secondary N) is 1. The van der Waals surface area contributed by atoms with Gasteiger partial charge in [-0.1, -0.05) is 13.8 Å². The van der Waals surface area contributed by atoms with Crippen LogP contribution in [0.3, 0.4) is 0 Å². The molecule has 0 unspecified atom stereocenters. The molecule has 1 rings (SSSR count). The number of nitrogens with zero attached hydrogens (tertiary/aromatic N) is 1. The maximum atomic E-state index is 11.3. The van der Waals surface area contributed by atoms with E-state index in [1.807, 2.05) is 20.9 Å². The monoisotopic (exact) mass is 222 g/mol. The molecule has 5 heteroatoms. The van der Waals surface area contributed by atoms with Crippen LogP contribution in [0.4, 0.5) is 0 Å². The fraction of sp³-hybridized carbons (Fsp3) is 1.00. The van der Waals surface area contributed by atoms with Gasteiger partial charge in [0.15, 0.2) is 0 Å². The van der Waals surface area contributed by atoms with E-state index in [2.05, 4.69) is 9.62 Å². The SMILES string of the molecule is CC.CNS(=O)(=O)C1CCN(C)CC1. The van der Waals surface area contributed by atoms with Gasteiger partial charge in [-0.05, 0) is 40.0 Å². The van der Waals surface area contributed by atoms with E-state index in [4.69, 9.17) is 0 Å². The molecule has 4 nitrogen and oxygen atoms in total. The highest BCUT2D eigenvalue weighted by molar-refractivity contribution is 7.90. The van der Waals surface area contributed by atoms with Crippen LogP contribution in [0.1, 0.15) is 26.7 Å². The zero-order chi connectivity index (χ0) is 11.2. The highest BCUT2D eigenvalue weighted by Gasteiger charge is 2.27. The van der Waals surface area contributed by atoms with Crippen molar-refractivity contribution < 1.29 is 8.42 Å². The average Bonchev–Trinajstić information content (AvgIpc) is 2.21. The van der Waals surface area contributed by atoms with Crippen molar-refractivity contribution in [2.45, 2.75) is 31.9 Å². The van der Waals surface area contributed by atoms with Crippen LogP contribution in [0.2, 0.25) is 0 Å². The lowest BCUT2D eigenvalue weighted by Crippen LogP contribution is -2.41. The van der Waals surface area contributed by atoms with Crippen molar-refractivity contribution >= 4 is 10.0 Å². The quantitative estimate of drug-likeness (QED) is 0.746. The Morgan fingerprint density at radius 1 is 1.21 bits per heavy atom. The van der Waals surface area contributed by atoms with Crippen molar-refractivity contribution in [3.8, 4) is 0 Å². The second-order valence-corrected chi connectivity index (χ2v) is 5.42. The third-order valence-corrected chi connectivity index (χ3v) is 4.31. The Balaban J connectivity index is 0.000000791. The first kappa shape index (κ1) is 13.9. The maximum Gasteiger partial charge on any atom is 0.214 e. The van der Waals surface area contributed by atoms with Crippen LogP contribution in [0.15, 0.2) is 0 Å². The average molecular weight is 222 g/mol. The molecule has 0 aromatic rings. The third-order valence-electron chi connectivity index (χ3n) is 2.39. The highest BCUT2D eigenvalue weighted by atomic mass is 32.2. The number of hydrogen-bond acceptors (Lipinski definition) is 3. The Morgan fingerprint density at radius 3 is 2.00 bits per heavy atom. The first-order chi connectivity index (χ1) is 6.56. The summed E-state index contributed by atoms with van der Waals surface area (Å²) in [5.74, 6) is 0. The predicted octanol–water partition coefficient (Wildman–Crippen LogP) is 0.656. The molecule has 1 aliphatic heterocycles. The summed E-state index contributed by atoms with van der Waals surface area (Å²) in [5, 5.41) is -0.182. The minimum atomic E-state index is -3.02. The van der Waals surface area contributed by atoms with Crippen LogP contribution in [0, 0.1) is 0 Å². The molecule has 1 fully saturated rings. The van der Waals surface area contributed by atoms with Gasteiger partial charge in [0.1, 0.15) is 0 Å². The minimum absolute atomic E-state index is 0.182. The molecule has 0 aliphatic carbocycles. The lowest BCUT2D eigenvalue weighted by Gasteiger charge is -2.28. The lowest BCUT2D eigenvalue weighted by molar-refractivity contribution is 0.277. The summed E-state index contributed by atoms with van der Waals surface area (Å²) >= 11 is 0. The predicted molar refractivity (Wildman–Crippen MR) is 59.8 cm³/mol. The molecular formula is C9H22N2O2S. The Morgan fingerprint density at radius 2 is 1.64 bits per heavy atom. The number of rotatable bonds is 2. The van der Waals surface area contributed by atoms with Crippen LogP contribution >= 0.6 is 0 Å². The first-order valence-electron chi connectivity index (χ1n) is 5.17. The van der Waals surface area contributed by atoms with E-state index >= 15 is 0 Å². The van der Waals surface area contributed by atoms with Crippen molar-refractivity contribution in [2.24, 2.45) is 0 Å². The van der Waals surface area contributed by atoms with Gasteiger partial charge in [-0.3, -0.25) is 0 Å². The van der Waals surface area contributed by atoms with E-state index in [1.165, 1.54) is 7.05 Å². The van der Waals surface area contributed by atoms with Gasteiger partial charge >= 0.3 is 0 Å². The van der Waals surface area contributed by atoms with Gasteiger partial charge in [-0.15, -0.1) is 0 Å². The number of likely N-dealkylation sites (tertiary alicyclic amines) is 1. The van der Waals surface area contributed by atoms with E-state index in [1.54, 1.807) is 0 Å². The molecule has 0 aromatic carbocycles. The van der Waals surface area contributed by atoms with Crippen molar-refractivity contribution in [1.29, 1.82) is 0 Å². The Bertz CT molecular complexity index is 231. The number of hydrogen-bond donors (Lipinski definition) is 1. The fourth-order valence-electron chi connectivity index (χ4n) is 1.46. The summed E-state index contributed by atoms with van der Waals surface area (Å²) in [6.45, 7) is 5.76. The molecular weight excluding hydrogens is 200 g/mol. The molecule has 1 heterocycles. The summed E-state index contributed by atoms with van der Waals surface area (Å²) in [6.07, 6.45) is 1.50. The summed E-state index contributed by atoms with van der Waals surface area (Å²) in [5.41, 5.74) is 0. The number of piperidine rings is 1. The summed E-state index contributed by atoms with van der Waals surface area (Å²) in [4.78, 5) is 2.15. The zero-order valence-electron chi connectivity index (χ0n) is 9.58. The van der Waals surface area contributed by atoms with Crippen LogP contribution in [0.5, 0.6) is 0 Å². The molecule has 0 radical (unpaired) electrons. The molecule has 1 N–H and O–H groups in total. The largest absolute Gasteiger partial charge is 0.306 e. The number of sulfonamides is 1. The van der Waals surface area contributed by atoms with Gasteiger partial charge < -0.3 is 4.90 Å². The molecule has 0 spiro atoms. The van der Waals surface area contributed by atoms with E-state index in [0.29, 0.717) is 0 Å². The topological polar surface area (TPSA) is 49.4 Å². The van der Waals surface area contributed by atoms with Crippen LogP contribution in [-0.2, 0) is 10.0 Å². The van der Waals surface area contributed by atoms with Crippen molar-refractivity contribution in [1.82, 2.24) is 9.62 Å². The minimum Gasteiger partial charge on any atom is -0.306 e. The zero-order valence-corrected chi connectivity index (χ0v) is 10.4. The smallest absolute Gasteiger partial charge is 0.214 e. The first-order valence-corrected chi connectivity index (χ1v) is 6.72. The molecule has 0 amide bonds. The van der Waals surface area contributed by atoms with Gasteiger partial charge in [0, 0.05) is 0 Å². The molecule has 14 heavy (non-hydrogen) atoms. The summed E-state index contributed by atoms with van der Waals surface area (Å²) in [6, 6.07) is 0. The van der Waals surface area contributed by atoms with Gasteiger partial charge in [-0.2, -0.15) is 0 Å². The Hall–Kier alpha value is -0.130. The fourth-order valence-corrected chi connectivity index (χ4v) is 2.63. The van der Waals surface area contributed by atoms with E-state index < -0.39 is 10.0 Å².